The number of ketones is 4. The van der Waals surface area contributed by atoms with Crippen LogP contribution in [0.15, 0.2) is 168 Å². The van der Waals surface area contributed by atoms with Gasteiger partial charge in [-0.2, -0.15) is 33.7 Å². The maximum Gasteiger partial charge on any atom is 0.333 e. The number of nitrogens with one attached hydrogen (secondary N) is 5. The fraction of sp³-hybridized carbons (Fsp3) is 0.388. The summed E-state index contributed by atoms with van der Waals surface area (Å²) in [6.45, 7) is 4.91. The van der Waals surface area contributed by atoms with E-state index in [1.807, 2.05) is 73.0 Å². The van der Waals surface area contributed by atoms with Crippen LogP contribution in [-0.2, 0) is 97.8 Å². The van der Waals surface area contributed by atoms with Gasteiger partial charge in [0, 0.05) is 88.6 Å². The van der Waals surface area contributed by atoms with Crippen molar-refractivity contribution < 1.29 is 122 Å². The first kappa shape index (κ1) is 110. The van der Waals surface area contributed by atoms with Crippen molar-refractivity contribution in [2.45, 2.75) is 164 Å². The molecule has 0 bridgehead atoms. The molecule has 0 saturated heterocycles. The zero-order chi connectivity index (χ0) is 106. The maximum atomic E-state index is 14.9. The van der Waals surface area contributed by atoms with Gasteiger partial charge in [0.15, 0.2) is 17.4 Å². The summed E-state index contributed by atoms with van der Waals surface area (Å²) in [5.41, 5.74) is 12.3. The molecule has 4 unspecified atom stereocenters. The predicted octanol–water partition coefficient (Wildman–Crippen LogP) is 9.41. The summed E-state index contributed by atoms with van der Waals surface area (Å²) in [5.74, 6) is -3.55. The Morgan fingerprint density at radius 3 is 1.37 bits per heavy atom. The quantitative estimate of drug-likeness (QED) is 0.0174. The molecule has 12 aromatic rings. The first-order valence-corrected chi connectivity index (χ1v) is 56.3. The topological polar surface area (TPSA) is 631 Å². The van der Waals surface area contributed by atoms with E-state index in [4.69, 9.17) is 50.8 Å². The highest BCUT2D eigenvalue weighted by atomic mass is 35.5. The van der Waals surface area contributed by atoms with Crippen LogP contribution in [0.1, 0.15) is 209 Å². The summed E-state index contributed by atoms with van der Waals surface area (Å²) in [4.78, 5) is 89.1. The Hall–Kier alpha value is -11.3. The molecule has 4 saturated carbocycles. The lowest BCUT2D eigenvalue weighted by Gasteiger charge is -2.26. The summed E-state index contributed by atoms with van der Waals surface area (Å²) < 4.78 is 174. The molecule has 8 aromatic heterocycles. The van der Waals surface area contributed by atoms with Gasteiger partial charge in [-0.05, 0) is 205 Å². The molecule has 150 heavy (non-hydrogen) atoms. The standard InChI is InChI=1S/C25H27FN4O6S2.C25H28N4O7S.C24H26ClN5O5S2.C24H24F2N4O6S2/c1-13-17(24-16-5-3-2-4-14(16)6-7-35-24)9-20(37-13)23(32)18-10-28-12-29-25(18)30-19-8-15(22(31)21(19)26)11-36-38(27,33)34;1-14-19(24-18-5-3-2-4-15(18)6-7-34-24)10-22(36-14)23(31)20-11-27-13-28-25(20)29-17-8-16(21(30)9-17)12-35-37(26,32)33;25-16-2-1-13-3-4-28-22(18(13)7-16)15-6-21(36-11-15)23(32)19-9-27-12-29-24(19)30-17-5-14(20(31)8-17)10-35-37(26,33)34;25-18-4-12-1-2-35-23(16(12)7-19(18)26)14-5-21(37-10-14)22(32)17-8-28-11-29-24(17)30-15-3-13(20(31)6-15)9-36-38(27,33)34/h2-5,9-10,12,15,19,21-22,24,31H,6-8,11H2,1H3,(H2,27,33,34)(H,28,29,30);2-5,10-11,13,16-17,21,24,30H,6-9,12H2,1H3,(H2,26,32,33)(H,27,28,29);1-2,6-7,9,11-12,14,17,20,22,28,31H,3-5,8,10H2,(H2,26,33,34)(H,27,29,30);4-5,7-8,10-11,13,15,20,23,31H,1-3,6,9H2,(H2,27,33,34)(H,28,29,30)/t15-,19-,21-,22-,24?;16-,17-,21+,24?;14-,17-,20+,22?;13-,15-,20+,23?/m1111/s1. The third kappa shape index (κ3) is 26.9. The number of furan rings is 1. The first-order valence-electron chi connectivity index (χ1n) is 47.5. The Morgan fingerprint density at radius 2 is 0.873 bits per heavy atom. The molecule has 0 spiro atoms. The summed E-state index contributed by atoms with van der Waals surface area (Å²) in [5, 5.41) is 81.1. The molecule has 41 nitrogen and oxygen atoms in total. The van der Waals surface area contributed by atoms with Crippen molar-refractivity contribution in [2.75, 3.05) is 74.1 Å². The fourth-order valence-electron chi connectivity index (χ4n) is 19.9. The molecule has 4 aliphatic heterocycles. The van der Waals surface area contributed by atoms with Crippen LogP contribution in [0.5, 0.6) is 0 Å². The second kappa shape index (κ2) is 47.5. The first-order chi connectivity index (χ1) is 71.6. The van der Waals surface area contributed by atoms with Gasteiger partial charge in [0.25, 0.3) is 0 Å². The highest BCUT2D eigenvalue weighted by molar-refractivity contribution is 7.85. The monoisotopic (exact) mass is 2220 g/mol. The summed E-state index contributed by atoms with van der Waals surface area (Å²) in [6.07, 6.45) is 9.16. The van der Waals surface area contributed by atoms with E-state index in [9.17, 15) is 86.4 Å². The molecule has 8 aliphatic rings. The smallest absolute Gasteiger partial charge is 0.333 e. The molecule has 17 N–H and O–H groups in total. The number of halogens is 4. The molecule has 12 heterocycles. The number of carbonyl (C=O) groups is 4. The summed E-state index contributed by atoms with van der Waals surface area (Å²) in [7, 11) is -16.6. The number of rotatable bonds is 32. The zero-order valence-electron chi connectivity index (χ0n) is 80.0. The molecule has 796 valence electrons. The lowest BCUT2D eigenvalue weighted by molar-refractivity contribution is 0.0500. The minimum Gasteiger partial charge on any atom is -0.457 e. The number of nitrogens with zero attached hydrogens (tertiary/aromatic N) is 8. The molecule has 52 heteroatoms. The number of nitrogens with two attached hydrogens (primary N) is 4. The number of anilines is 4. The van der Waals surface area contributed by atoms with Gasteiger partial charge in [0.2, 0.25) is 23.1 Å². The number of aliphatic hydroxyl groups is 4. The van der Waals surface area contributed by atoms with Gasteiger partial charge < -0.3 is 65.6 Å². The average Bonchev–Trinajstić information content (AvgIpc) is 1.61. The molecule has 0 radical (unpaired) electrons. The second-order valence-electron chi connectivity index (χ2n) is 37.2. The minimum absolute atomic E-state index is 0.0379. The van der Waals surface area contributed by atoms with Gasteiger partial charge in [-0.3, -0.25) is 35.9 Å². The number of thiophene rings is 3. The lowest BCUT2D eigenvalue weighted by atomic mass is 9.91. The van der Waals surface area contributed by atoms with Crippen molar-refractivity contribution in [1.29, 1.82) is 0 Å². The molecular formula is C98H105ClF3N17O24S7. The number of ether oxygens (including phenoxy) is 3. The Bertz CT molecular complexity index is 7470. The summed E-state index contributed by atoms with van der Waals surface area (Å²) >= 11 is 10.1. The van der Waals surface area contributed by atoms with Gasteiger partial charge in [-0.25, -0.2) is 73.6 Å². The molecule has 4 aromatic carbocycles. The van der Waals surface area contributed by atoms with E-state index in [1.165, 1.54) is 107 Å². The van der Waals surface area contributed by atoms with Crippen molar-refractivity contribution in [3.8, 4) is 0 Å². The number of aryl methyl sites for hydroxylation is 2. The van der Waals surface area contributed by atoms with Crippen LogP contribution in [0.4, 0.5) is 36.4 Å². The van der Waals surface area contributed by atoms with Crippen molar-refractivity contribution in [2.24, 2.45) is 44.2 Å². The van der Waals surface area contributed by atoms with Gasteiger partial charge in [0.05, 0.1) is 120 Å². The van der Waals surface area contributed by atoms with E-state index in [-0.39, 0.29) is 120 Å². The number of aliphatic hydroxyl groups excluding tert-OH is 4. The largest absolute Gasteiger partial charge is 0.457 e. The number of fused-ring (bicyclic) bond motifs is 4. The molecule has 0 amide bonds. The van der Waals surface area contributed by atoms with Crippen LogP contribution in [0.2, 0.25) is 5.02 Å². The number of carbonyl (C=O) groups excluding carboxylic acids is 4. The number of hydrogen-bond donors (Lipinski definition) is 13. The van der Waals surface area contributed by atoms with E-state index in [0.717, 1.165) is 70.1 Å². The third-order valence-corrected chi connectivity index (χ3v) is 32.3. The van der Waals surface area contributed by atoms with Gasteiger partial charge in [-0.15, -0.1) is 34.0 Å². The molecule has 20 rings (SSSR count). The number of aromatic nitrogens is 8. The van der Waals surface area contributed by atoms with E-state index in [1.54, 1.807) is 24.4 Å². The Kier molecular flexibility index (Phi) is 34.8. The van der Waals surface area contributed by atoms with Crippen molar-refractivity contribution in [1.82, 2.24) is 45.2 Å². The average molecular weight is 2220 g/mol. The highest BCUT2D eigenvalue weighted by Crippen LogP contribution is 2.45. The lowest BCUT2D eigenvalue weighted by Crippen LogP contribution is -2.33. The highest BCUT2D eigenvalue weighted by Gasteiger charge is 2.46. The Morgan fingerprint density at radius 1 is 0.453 bits per heavy atom. The van der Waals surface area contributed by atoms with E-state index in [0.29, 0.717) is 118 Å². The molecular weight excluding hydrogens is 2120 g/mol. The molecule has 4 aliphatic carbocycles. The SMILES string of the molecule is Cc1oc(C(=O)c2cncnc2N[C@@H]2C[C@H](COS(N)(=O)=O)[C@@H](O)C2)cc1C1OCCc2ccccc21.Cc1sc(C(=O)c2cncnc2N[C@@H]2C[C@H](COS(N)(=O)=O)[C@@H](O)[C@@H]2F)cc1C1OCCc2ccccc21.NS(=O)(=O)OC[C@H]1C[C@@H](Nc2ncncc2C(=O)c2cc(C3NCCc4ccc(Cl)cc43)cs2)C[C@@H]1O.NS(=O)(=O)OC[C@H]1C[C@@H](Nc2ncncc2C(=O)c2cc(C3OCCc4cc(F)c(F)cc43)cs2)C[C@@H]1O. The van der Waals surface area contributed by atoms with Crippen molar-refractivity contribution in [3.05, 3.63) is 301 Å². The second-order valence-corrected chi connectivity index (χ2v) is 45.6. The number of benzene rings is 4. The van der Waals surface area contributed by atoms with Crippen LogP contribution in [0.25, 0.3) is 0 Å². The molecule has 4 fully saturated rings. The zero-order valence-corrected chi connectivity index (χ0v) is 86.5. The van der Waals surface area contributed by atoms with Crippen LogP contribution < -0.4 is 47.1 Å². The summed E-state index contributed by atoms with van der Waals surface area (Å²) in [6, 6.07) is 29.7. The Balaban J connectivity index is 0.000000136. The van der Waals surface area contributed by atoms with Crippen LogP contribution in [0.3, 0.4) is 0 Å². The van der Waals surface area contributed by atoms with Crippen LogP contribution in [-0.4, -0.2) is 225 Å². The van der Waals surface area contributed by atoms with Crippen molar-refractivity contribution >= 4 is 133 Å². The predicted molar refractivity (Wildman–Crippen MR) is 543 cm³/mol. The number of hydrogen-bond acceptors (Lipinski definition) is 40. The van der Waals surface area contributed by atoms with Gasteiger partial charge >= 0.3 is 41.2 Å². The molecule has 17 atom stereocenters. The minimum atomic E-state index is -4.23. The Labute approximate surface area is 876 Å². The van der Waals surface area contributed by atoms with Gasteiger partial charge in [0.1, 0.15) is 78.8 Å². The maximum absolute atomic E-state index is 14.9. The number of alkyl halides is 1. The van der Waals surface area contributed by atoms with E-state index in [2.05, 4.69) is 101 Å². The third-order valence-electron chi connectivity index (χ3n) is 27.2. The fourth-order valence-corrected chi connectivity index (χ4v) is 24.3. The van der Waals surface area contributed by atoms with Crippen molar-refractivity contribution in [3.63, 3.8) is 0 Å². The van der Waals surface area contributed by atoms with E-state index < -0.39 is 132 Å². The van der Waals surface area contributed by atoms with Gasteiger partial charge in [-0.1, -0.05) is 66.2 Å². The normalized spacial score (nSPS) is 23.9. The van der Waals surface area contributed by atoms with Crippen LogP contribution in [0, 0.1) is 49.2 Å². The van der Waals surface area contributed by atoms with E-state index >= 15 is 0 Å². The van der Waals surface area contributed by atoms with Crippen LogP contribution >= 0.6 is 45.6 Å².